The van der Waals surface area contributed by atoms with E-state index in [1.807, 2.05) is 13.0 Å². The predicted octanol–water partition coefficient (Wildman–Crippen LogP) is 3.27. The zero-order valence-corrected chi connectivity index (χ0v) is 18.2. The Kier molecular flexibility index (Phi) is 7.50. The Balaban J connectivity index is 1.75. The third kappa shape index (κ3) is 5.54. The molecule has 1 aromatic carbocycles. The number of rotatable bonds is 9. The average Bonchev–Trinajstić information content (AvgIpc) is 3.50. The zero-order valence-electron chi connectivity index (χ0n) is 18.2. The van der Waals surface area contributed by atoms with Crippen molar-refractivity contribution in [2.45, 2.75) is 64.1 Å². The van der Waals surface area contributed by atoms with Gasteiger partial charge in [-0.3, -0.25) is 14.4 Å². The summed E-state index contributed by atoms with van der Waals surface area (Å²) in [6.07, 6.45) is 6.11. The summed E-state index contributed by atoms with van der Waals surface area (Å²) in [5.41, 5.74) is -0.589. The standard InChI is InChI=1S/C24H31N3O4/c1-3-24(2,23(30)26-19-12-7-8-13-19)27(17-20-14-9-15-31-20)21(28)16-25-22(29)18-10-5-4-6-11-18/h4-6,9-11,14-15,19H,3,7-8,12-13,16-17H2,1-2H3,(H,25,29)(H,26,30)/t24-/m1/s1. The van der Waals surface area contributed by atoms with Gasteiger partial charge in [0.15, 0.2) is 0 Å². The summed E-state index contributed by atoms with van der Waals surface area (Å²) >= 11 is 0. The molecule has 0 saturated heterocycles. The summed E-state index contributed by atoms with van der Waals surface area (Å²) in [7, 11) is 0. The fraction of sp³-hybridized carbons (Fsp3) is 0.458. The van der Waals surface area contributed by atoms with E-state index in [4.69, 9.17) is 4.42 Å². The minimum atomic E-state index is -1.07. The van der Waals surface area contributed by atoms with Crippen LogP contribution in [-0.4, -0.2) is 40.7 Å². The van der Waals surface area contributed by atoms with Gasteiger partial charge in [0.2, 0.25) is 11.8 Å². The number of furan rings is 1. The fourth-order valence-corrected chi connectivity index (χ4v) is 3.92. The molecule has 1 aromatic heterocycles. The van der Waals surface area contributed by atoms with Crippen molar-refractivity contribution in [2.75, 3.05) is 6.54 Å². The second-order valence-electron chi connectivity index (χ2n) is 8.19. The predicted molar refractivity (Wildman–Crippen MR) is 117 cm³/mol. The molecule has 2 N–H and O–H groups in total. The van der Waals surface area contributed by atoms with Crippen LogP contribution in [0.25, 0.3) is 0 Å². The summed E-state index contributed by atoms with van der Waals surface area (Å²) in [6.45, 7) is 3.60. The lowest BCUT2D eigenvalue weighted by molar-refractivity contribution is -0.148. The van der Waals surface area contributed by atoms with Gasteiger partial charge in [-0.2, -0.15) is 0 Å². The molecular weight excluding hydrogens is 394 g/mol. The molecule has 1 aliphatic rings. The SMILES string of the molecule is CC[C@](C)(C(=O)NC1CCCC1)N(Cc1ccco1)C(=O)CNC(=O)c1ccccc1. The molecule has 31 heavy (non-hydrogen) atoms. The first-order chi connectivity index (χ1) is 14.9. The second-order valence-corrected chi connectivity index (χ2v) is 8.19. The smallest absolute Gasteiger partial charge is 0.251 e. The van der Waals surface area contributed by atoms with Crippen molar-refractivity contribution in [1.82, 2.24) is 15.5 Å². The van der Waals surface area contributed by atoms with Crippen LogP contribution < -0.4 is 10.6 Å². The number of hydrogen-bond donors (Lipinski definition) is 2. The monoisotopic (exact) mass is 425 g/mol. The molecule has 0 spiro atoms. The molecule has 0 bridgehead atoms. The summed E-state index contributed by atoms with van der Waals surface area (Å²) < 4.78 is 5.45. The summed E-state index contributed by atoms with van der Waals surface area (Å²) in [5, 5.41) is 5.80. The van der Waals surface area contributed by atoms with E-state index in [1.165, 1.54) is 11.2 Å². The van der Waals surface area contributed by atoms with Crippen molar-refractivity contribution >= 4 is 17.7 Å². The Bertz CT molecular complexity index is 875. The Morgan fingerprint density at radius 2 is 1.81 bits per heavy atom. The van der Waals surface area contributed by atoms with Gasteiger partial charge in [-0.1, -0.05) is 38.0 Å². The van der Waals surface area contributed by atoms with Gasteiger partial charge in [0.25, 0.3) is 5.91 Å². The molecule has 1 aliphatic carbocycles. The Labute approximate surface area is 183 Å². The maximum Gasteiger partial charge on any atom is 0.251 e. The lowest BCUT2D eigenvalue weighted by atomic mass is 9.93. The molecule has 166 valence electrons. The van der Waals surface area contributed by atoms with E-state index in [2.05, 4.69) is 10.6 Å². The first kappa shape index (κ1) is 22.6. The lowest BCUT2D eigenvalue weighted by Gasteiger charge is -2.40. The Morgan fingerprint density at radius 1 is 1.10 bits per heavy atom. The molecule has 2 aromatic rings. The summed E-state index contributed by atoms with van der Waals surface area (Å²) in [5.74, 6) is -0.264. The number of carbonyl (C=O) groups excluding carboxylic acids is 3. The van der Waals surface area contributed by atoms with E-state index >= 15 is 0 Å². The van der Waals surface area contributed by atoms with Crippen LogP contribution in [0.1, 0.15) is 62.1 Å². The maximum atomic E-state index is 13.3. The maximum absolute atomic E-state index is 13.3. The van der Waals surface area contributed by atoms with Crippen molar-refractivity contribution < 1.29 is 18.8 Å². The molecule has 1 saturated carbocycles. The quantitative estimate of drug-likeness (QED) is 0.645. The van der Waals surface area contributed by atoms with Crippen LogP contribution in [0.2, 0.25) is 0 Å². The van der Waals surface area contributed by atoms with E-state index < -0.39 is 5.54 Å². The molecule has 1 atom stereocenters. The lowest BCUT2D eigenvalue weighted by Crippen LogP contribution is -2.60. The van der Waals surface area contributed by atoms with Gasteiger partial charge in [0.05, 0.1) is 19.4 Å². The van der Waals surface area contributed by atoms with E-state index in [9.17, 15) is 14.4 Å². The third-order valence-corrected chi connectivity index (χ3v) is 6.09. The van der Waals surface area contributed by atoms with Crippen molar-refractivity contribution in [2.24, 2.45) is 0 Å². The minimum absolute atomic E-state index is 0.148. The van der Waals surface area contributed by atoms with E-state index in [0.717, 1.165) is 25.7 Å². The third-order valence-electron chi connectivity index (χ3n) is 6.09. The highest BCUT2D eigenvalue weighted by Gasteiger charge is 2.42. The summed E-state index contributed by atoms with van der Waals surface area (Å²) in [6, 6.07) is 12.4. The van der Waals surface area contributed by atoms with Crippen molar-refractivity contribution in [1.29, 1.82) is 0 Å². The van der Waals surface area contributed by atoms with Crippen molar-refractivity contribution in [3.63, 3.8) is 0 Å². The van der Waals surface area contributed by atoms with Gasteiger partial charge in [0.1, 0.15) is 11.3 Å². The van der Waals surface area contributed by atoms with Crippen LogP contribution in [-0.2, 0) is 16.1 Å². The highest BCUT2D eigenvalue weighted by Crippen LogP contribution is 2.25. The highest BCUT2D eigenvalue weighted by atomic mass is 16.3. The van der Waals surface area contributed by atoms with Crippen LogP contribution in [0.3, 0.4) is 0 Å². The van der Waals surface area contributed by atoms with Crippen LogP contribution in [0, 0.1) is 0 Å². The molecule has 0 unspecified atom stereocenters. The fourth-order valence-electron chi connectivity index (χ4n) is 3.92. The average molecular weight is 426 g/mol. The van der Waals surface area contributed by atoms with Gasteiger partial charge < -0.3 is 20.0 Å². The molecule has 1 fully saturated rings. The first-order valence-electron chi connectivity index (χ1n) is 10.9. The number of carbonyl (C=O) groups is 3. The Morgan fingerprint density at radius 3 is 2.42 bits per heavy atom. The molecule has 0 radical (unpaired) electrons. The minimum Gasteiger partial charge on any atom is -0.467 e. The molecule has 3 amide bonds. The van der Waals surface area contributed by atoms with Gasteiger partial charge in [-0.25, -0.2) is 0 Å². The summed E-state index contributed by atoms with van der Waals surface area (Å²) in [4.78, 5) is 40.4. The molecule has 7 nitrogen and oxygen atoms in total. The van der Waals surface area contributed by atoms with Crippen molar-refractivity contribution in [3.05, 3.63) is 60.1 Å². The van der Waals surface area contributed by atoms with E-state index in [1.54, 1.807) is 43.3 Å². The van der Waals surface area contributed by atoms with Gasteiger partial charge in [-0.05, 0) is 50.5 Å². The number of nitrogens with one attached hydrogen (secondary N) is 2. The number of nitrogens with zero attached hydrogens (tertiary/aromatic N) is 1. The second kappa shape index (κ2) is 10.3. The topological polar surface area (TPSA) is 91.7 Å². The van der Waals surface area contributed by atoms with Crippen LogP contribution in [0.15, 0.2) is 53.1 Å². The van der Waals surface area contributed by atoms with Gasteiger partial charge in [-0.15, -0.1) is 0 Å². The van der Waals surface area contributed by atoms with Crippen molar-refractivity contribution in [3.8, 4) is 0 Å². The van der Waals surface area contributed by atoms with Crippen LogP contribution in [0.4, 0.5) is 0 Å². The van der Waals surface area contributed by atoms with Gasteiger partial charge >= 0.3 is 0 Å². The Hall–Kier alpha value is -3.09. The van der Waals surface area contributed by atoms with Gasteiger partial charge in [0, 0.05) is 11.6 Å². The molecule has 3 rings (SSSR count). The van der Waals surface area contributed by atoms with Crippen LogP contribution in [0.5, 0.6) is 0 Å². The molecule has 1 heterocycles. The zero-order chi connectivity index (χ0) is 22.3. The first-order valence-corrected chi connectivity index (χ1v) is 10.9. The number of hydrogen-bond acceptors (Lipinski definition) is 4. The highest BCUT2D eigenvalue weighted by molar-refractivity contribution is 5.97. The number of amides is 3. The van der Waals surface area contributed by atoms with E-state index in [0.29, 0.717) is 17.7 Å². The van der Waals surface area contributed by atoms with Crippen LogP contribution >= 0.6 is 0 Å². The largest absolute Gasteiger partial charge is 0.467 e. The molecule has 0 aliphatic heterocycles. The van der Waals surface area contributed by atoms with E-state index in [-0.39, 0.29) is 36.9 Å². The molecule has 7 heteroatoms. The number of benzene rings is 1. The molecular formula is C24H31N3O4. The normalized spacial score (nSPS) is 15.8.